The van der Waals surface area contributed by atoms with Gasteiger partial charge in [-0.25, -0.2) is 0 Å². The first-order valence-corrected chi connectivity index (χ1v) is 6.82. The van der Waals surface area contributed by atoms with Gasteiger partial charge in [-0.2, -0.15) is 0 Å². The van der Waals surface area contributed by atoms with Gasteiger partial charge in [-0.15, -0.1) is 0 Å². The van der Waals surface area contributed by atoms with Gasteiger partial charge in [-0.3, -0.25) is 4.79 Å². The highest BCUT2D eigenvalue weighted by molar-refractivity contribution is 5.78. The van der Waals surface area contributed by atoms with Crippen molar-refractivity contribution in [3.63, 3.8) is 0 Å². The number of amides is 1. The molecule has 0 heterocycles. The fourth-order valence-corrected chi connectivity index (χ4v) is 1.93. The van der Waals surface area contributed by atoms with E-state index in [9.17, 15) is 4.79 Å². The third-order valence-corrected chi connectivity index (χ3v) is 3.13. The van der Waals surface area contributed by atoms with Crippen LogP contribution in [0, 0.1) is 5.92 Å². The lowest BCUT2D eigenvalue weighted by Crippen LogP contribution is -2.29. The standard InChI is InChI=1S/C15H23NO3/c1-3-12(4-2)15(18)16-11-13-7-5-6-8-14(13)19-10-9-17/h5-8,12,17H,3-4,9-11H2,1-2H3,(H,16,18). The minimum atomic E-state index is -0.0194. The van der Waals surface area contributed by atoms with Crippen LogP contribution < -0.4 is 10.1 Å². The third kappa shape index (κ3) is 4.91. The number of para-hydroxylation sites is 1. The van der Waals surface area contributed by atoms with Crippen molar-refractivity contribution < 1.29 is 14.6 Å². The number of carbonyl (C=O) groups excluding carboxylic acids is 1. The summed E-state index contributed by atoms with van der Waals surface area (Å²) in [5.41, 5.74) is 0.926. The van der Waals surface area contributed by atoms with E-state index in [0.29, 0.717) is 12.3 Å². The summed E-state index contributed by atoms with van der Waals surface area (Å²) in [6.07, 6.45) is 1.70. The molecule has 0 saturated carbocycles. The molecule has 0 atom stereocenters. The Hall–Kier alpha value is -1.55. The van der Waals surface area contributed by atoms with E-state index in [2.05, 4.69) is 5.32 Å². The average Bonchev–Trinajstić information content (AvgIpc) is 2.45. The average molecular weight is 265 g/mol. The Morgan fingerprint density at radius 2 is 2.00 bits per heavy atom. The van der Waals surface area contributed by atoms with Gasteiger partial charge in [0.2, 0.25) is 5.91 Å². The summed E-state index contributed by atoms with van der Waals surface area (Å²) < 4.78 is 5.43. The molecule has 0 saturated heterocycles. The molecule has 106 valence electrons. The van der Waals surface area contributed by atoms with Crippen LogP contribution in [0.1, 0.15) is 32.3 Å². The third-order valence-electron chi connectivity index (χ3n) is 3.13. The van der Waals surface area contributed by atoms with Crippen molar-refractivity contribution in [2.45, 2.75) is 33.2 Å². The van der Waals surface area contributed by atoms with Gasteiger partial charge < -0.3 is 15.2 Å². The molecule has 4 nitrogen and oxygen atoms in total. The lowest BCUT2D eigenvalue weighted by Gasteiger charge is -2.15. The Balaban J connectivity index is 2.59. The molecular weight excluding hydrogens is 242 g/mol. The van der Waals surface area contributed by atoms with E-state index in [1.54, 1.807) is 0 Å². The second-order valence-electron chi connectivity index (χ2n) is 4.41. The van der Waals surface area contributed by atoms with Crippen LogP contribution in [0.2, 0.25) is 0 Å². The number of aliphatic hydroxyl groups excluding tert-OH is 1. The molecule has 0 aromatic heterocycles. The van der Waals surface area contributed by atoms with E-state index in [-0.39, 0.29) is 25.0 Å². The quantitative estimate of drug-likeness (QED) is 0.757. The molecule has 4 heteroatoms. The molecule has 1 aromatic carbocycles. The minimum Gasteiger partial charge on any atom is -0.491 e. The monoisotopic (exact) mass is 265 g/mol. The number of rotatable bonds is 8. The maximum Gasteiger partial charge on any atom is 0.223 e. The van der Waals surface area contributed by atoms with Crippen molar-refractivity contribution in [1.29, 1.82) is 0 Å². The van der Waals surface area contributed by atoms with Crippen molar-refractivity contribution in [2.24, 2.45) is 5.92 Å². The fraction of sp³-hybridized carbons (Fsp3) is 0.533. The zero-order valence-corrected chi connectivity index (χ0v) is 11.7. The number of ether oxygens (including phenoxy) is 1. The highest BCUT2D eigenvalue weighted by Gasteiger charge is 2.14. The van der Waals surface area contributed by atoms with Gasteiger partial charge in [0.1, 0.15) is 12.4 Å². The Kier molecular flexibility index (Phi) is 6.97. The number of aliphatic hydroxyl groups is 1. The van der Waals surface area contributed by atoms with E-state index in [1.807, 2.05) is 38.1 Å². The Morgan fingerprint density at radius 1 is 1.32 bits per heavy atom. The van der Waals surface area contributed by atoms with Crippen molar-refractivity contribution >= 4 is 5.91 Å². The zero-order valence-electron chi connectivity index (χ0n) is 11.7. The molecule has 1 aromatic rings. The van der Waals surface area contributed by atoms with Gasteiger partial charge in [-0.05, 0) is 18.9 Å². The van der Waals surface area contributed by atoms with Gasteiger partial charge >= 0.3 is 0 Å². The maximum absolute atomic E-state index is 11.9. The molecule has 0 bridgehead atoms. The molecule has 0 fully saturated rings. The number of benzene rings is 1. The number of hydrogen-bond acceptors (Lipinski definition) is 3. The smallest absolute Gasteiger partial charge is 0.223 e. The Bertz CT molecular complexity index is 389. The van der Waals surface area contributed by atoms with Crippen molar-refractivity contribution in [1.82, 2.24) is 5.32 Å². The highest BCUT2D eigenvalue weighted by atomic mass is 16.5. The summed E-state index contributed by atoms with van der Waals surface area (Å²) in [7, 11) is 0. The van der Waals surface area contributed by atoms with Crippen LogP contribution in [0.4, 0.5) is 0 Å². The van der Waals surface area contributed by atoms with Crippen LogP contribution in [0.25, 0.3) is 0 Å². The first-order valence-electron chi connectivity index (χ1n) is 6.82. The predicted octanol–water partition coefficient (Wildman–Crippen LogP) is 2.11. The number of carbonyl (C=O) groups is 1. The largest absolute Gasteiger partial charge is 0.491 e. The molecular formula is C15H23NO3. The molecule has 19 heavy (non-hydrogen) atoms. The van der Waals surface area contributed by atoms with Crippen LogP contribution in [0.5, 0.6) is 5.75 Å². The first kappa shape index (κ1) is 15.5. The lowest BCUT2D eigenvalue weighted by molar-refractivity contribution is -0.125. The first-order chi connectivity index (χ1) is 9.22. The molecule has 0 aliphatic heterocycles. The molecule has 0 unspecified atom stereocenters. The van der Waals surface area contributed by atoms with Gasteiger partial charge in [0.15, 0.2) is 0 Å². The summed E-state index contributed by atoms with van der Waals surface area (Å²) in [5, 5.41) is 11.7. The second-order valence-corrected chi connectivity index (χ2v) is 4.41. The van der Waals surface area contributed by atoms with E-state index in [4.69, 9.17) is 9.84 Å². The van der Waals surface area contributed by atoms with Gasteiger partial charge in [0.25, 0.3) is 0 Å². The van der Waals surface area contributed by atoms with E-state index >= 15 is 0 Å². The normalized spacial score (nSPS) is 10.5. The Labute approximate surface area is 114 Å². The Morgan fingerprint density at radius 3 is 2.63 bits per heavy atom. The second kappa shape index (κ2) is 8.53. The molecule has 2 N–H and O–H groups in total. The molecule has 0 radical (unpaired) electrons. The molecule has 0 aliphatic rings. The van der Waals surface area contributed by atoms with Crippen molar-refractivity contribution in [3.8, 4) is 5.75 Å². The number of nitrogens with one attached hydrogen (secondary N) is 1. The van der Waals surface area contributed by atoms with E-state index < -0.39 is 0 Å². The van der Waals surface area contributed by atoms with Crippen LogP contribution in [0.3, 0.4) is 0 Å². The zero-order chi connectivity index (χ0) is 14.1. The summed E-state index contributed by atoms with van der Waals surface area (Å²) in [4.78, 5) is 11.9. The van der Waals surface area contributed by atoms with Crippen molar-refractivity contribution in [3.05, 3.63) is 29.8 Å². The summed E-state index contributed by atoms with van der Waals surface area (Å²) in [6.45, 7) is 4.74. The number of hydrogen-bond donors (Lipinski definition) is 2. The summed E-state index contributed by atoms with van der Waals surface area (Å²) >= 11 is 0. The lowest BCUT2D eigenvalue weighted by atomic mass is 10.0. The van der Waals surface area contributed by atoms with Crippen LogP contribution >= 0.6 is 0 Å². The van der Waals surface area contributed by atoms with Crippen LogP contribution in [-0.2, 0) is 11.3 Å². The van der Waals surface area contributed by atoms with Crippen LogP contribution in [0.15, 0.2) is 24.3 Å². The van der Waals surface area contributed by atoms with Crippen molar-refractivity contribution in [2.75, 3.05) is 13.2 Å². The molecule has 0 aliphatic carbocycles. The summed E-state index contributed by atoms with van der Waals surface area (Å²) in [5.74, 6) is 0.869. The van der Waals surface area contributed by atoms with Gasteiger partial charge in [-0.1, -0.05) is 32.0 Å². The fourth-order valence-electron chi connectivity index (χ4n) is 1.93. The predicted molar refractivity (Wildman–Crippen MR) is 74.9 cm³/mol. The van der Waals surface area contributed by atoms with Gasteiger partial charge in [0.05, 0.1) is 6.61 Å². The van der Waals surface area contributed by atoms with E-state index in [0.717, 1.165) is 18.4 Å². The molecule has 0 spiro atoms. The summed E-state index contributed by atoms with van der Waals surface area (Å²) in [6, 6.07) is 7.54. The van der Waals surface area contributed by atoms with Crippen LogP contribution in [-0.4, -0.2) is 24.2 Å². The topological polar surface area (TPSA) is 58.6 Å². The molecule has 1 amide bonds. The molecule has 1 rings (SSSR count). The highest BCUT2D eigenvalue weighted by Crippen LogP contribution is 2.18. The SMILES string of the molecule is CCC(CC)C(=O)NCc1ccccc1OCCO. The van der Waals surface area contributed by atoms with Gasteiger partial charge in [0, 0.05) is 18.0 Å². The van der Waals surface area contributed by atoms with E-state index in [1.165, 1.54) is 0 Å². The minimum absolute atomic E-state index is 0.0194. The maximum atomic E-state index is 11.9.